The number of carbonyl (C=O) groups excluding carboxylic acids is 1. The van der Waals surface area contributed by atoms with Crippen molar-refractivity contribution in [1.82, 2.24) is 30.2 Å². The molecule has 0 aliphatic carbocycles. The standard InChI is InChI=1S/C20H20N6O2/c27-19(6-13-8-23-26(11-13)12-16-2-1-5-28-16)20-17-4-3-14(7-18(17)24-25-20)15-9-21-22-10-15/h3-4,7-11,16H,1-2,5-6,12H2,(H,21,22)(H,24,25). The Morgan fingerprint density at radius 1 is 1.29 bits per heavy atom. The predicted octanol–water partition coefficient (Wildman–Crippen LogP) is 2.75. The summed E-state index contributed by atoms with van der Waals surface area (Å²) in [5.74, 6) is -0.0287. The zero-order valence-corrected chi connectivity index (χ0v) is 15.3. The van der Waals surface area contributed by atoms with Gasteiger partial charge in [-0.3, -0.25) is 19.7 Å². The first-order valence-corrected chi connectivity index (χ1v) is 9.40. The minimum Gasteiger partial charge on any atom is -0.376 e. The Hall–Kier alpha value is -3.26. The van der Waals surface area contributed by atoms with Gasteiger partial charge in [0.15, 0.2) is 5.78 Å². The molecule has 142 valence electrons. The zero-order valence-electron chi connectivity index (χ0n) is 15.3. The summed E-state index contributed by atoms with van der Waals surface area (Å²) in [6, 6.07) is 5.87. The molecular weight excluding hydrogens is 356 g/mol. The number of hydrogen-bond donors (Lipinski definition) is 2. The van der Waals surface area contributed by atoms with Gasteiger partial charge in [-0.1, -0.05) is 6.07 Å². The number of nitrogens with one attached hydrogen (secondary N) is 2. The Morgan fingerprint density at radius 3 is 3.07 bits per heavy atom. The number of H-pyrrole nitrogens is 2. The third-order valence-corrected chi connectivity index (χ3v) is 5.12. The van der Waals surface area contributed by atoms with Crippen LogP contribution in [0.1, 0.15) is 28.9 Å². The molecule has 4 aromatic rings. The average molecular weight is 376 g/mol. The average Bonchev–Trinajstić information content (AvgIpc) is 3.49. The SMILES string of the molecule is O=C(Cc1cnn(CC2CCCO2)c1)c1n[nH]c2cc(-c3cn[nH]c3)ccc12. The molecule has 1 aromatic carbocycles. The van der Waals surface area contributed by atoms with Gasteiger partial charge in [-0.25, -0.2) is 0 Å². The fraction of sp³-hybridized carbons (Fsp3) is 0.300. The van der Waals surface area contributed by atoms with E-state index in [0.29, 0.717) is 5.69 Å². The van der Waals surface area contributed by atoms with Crippen molar-refractivity contribution < 1.29 is 9.53 Å². The predicted molar refractivity (Wildman–Crippen MR) is 103 cm³/mol. The first-order valence-electron chi connectivity index (χ1n) is 9.40. The van der Waals surface area contributed by atoms with Gasteiger partial charge >= 0.3 is 0 Å². The van der Waals surface area contributed by atoms with E-state index in [4.69, 9.17) is 4.74 Å². The highest BCUT2D eigenvalue weighted by Gasteiger charge is 2.18. The normalized spacial score (nSPS) is 16.8. The number of aromatic nitrogens is 6. The van der Waals surface area contributed by atoms with Gasteiger partial charge in [0, 0.05) is 36.4 Å². The van der Waals surface area contributed by atoms with E-state index in [2.05, 4.69) is 25.5 Å². The molecule has 5 rings (SSSR count). The Labute approximate surface area is 160 Å². The maximum absolute atomic E-state index is 12.8. The van der Waals surface area contributed by atoms with Gasteiger partial charge in [-0.2, -0.15) is 15.3 Å². The molecule has 1 atom stereocenters. The first-order chi connectivity index (χ1) is 13.8. The number of nitrogens with zero attached hydrogens (tertiary/aromatic N) is 4. The second kappa shape index (κ2) is 7.05. The third-order valence-electron chi connectivity index (χ3n) is 5.12. The summed E-state index contributed by atoms with van der Waals surface area (Å²) in [5.41, 5.74) is 4.17. The number of aromatic amines is 2. The van der Waals surface area contributed by atoms with Crippen molar-refractivity contribution in [2.24, 2.45) is 0 Å². The summed E-state index contributed by atoms with van der Waals surface area (Å²) in [5, 5.41) is 19.2. The maximum Gasteiger partial charge on any atom is 0.188 e. The molecule has 0 spiro atoms. The lowest BCUT2D eigenvalue weighted by atomic mass is 10.0. The second-order valence-corrected chi connectivity index (χ2v) is 7.13. The molecule has 28 heavy (non-hydrogen) atoms. The molecule has 0 amide bonds. The summed E-state index contributed by atoms with van der Waals surface area (Å²) >= 11 is 0. The summed E-state index contributed by atoms with van der Waals surface area (Å²) < 4.78 is 7.50. The van der Waals surface area contributed by atoms with Gasteiger partial charge < -0.3 is 4.74 Å². The van der Waals surface area contributed by atoms with Crippen molar-refractivity contribution >= 4 is 16.7 Å². The minimum atomic E-state index is -0.0287. The Morgan fingerprint density at radius 2 is 2.25 bits per heavy atom. The van der Waals surface area contributed by atoms with Crippen LogP contribution in [0.25, 0.3) is 22.0 Å². The van der Waals surface area contributed by atoms with Crippen molar-refractivity contribution in [3.05, 3.63) is 54.2 Å². The first kappa shape index (κ1) is 16.9. The fourth-order valence-corrected chi connectivity index (χ4v) is 3.68. The quantitative estimate of drug-likeness (QED) is 0.504. The van der Waals surface area contributed by atoms with Gasteiger partial charge in [0.05, 0.1) is 30.6 Å². The van der Waals surface area contributed by atoms with E-state index in [0.717, 1.165) is 53.6 Å². The van der Waals surface area contributed by atoms with Crippen LogP contribution in [0, 0.1) is 0 Å². The van der Waals surface area contributed by atoms with Crippen LogP contribution in [0.4, 0.5) is 0 Å². The molecule has 0 bridgehead atoms. The van der Waals surface area contributed by atoms with Gasteiger partial charge in [0.25, 0.3) is 0 Å². The molecule has 1 unspecified atom stereocenters. The Kier molecular flexibility index (Phi) is 4.25. The number of Topliss-reactive ketones (excluding diaryl/α,β-unsaturated/α-hetero) is 1. The highest BCUT2D eigenvalue weighted by atomic mass is 16.5. The van der Waals surface area contributed by atoms with E-state index < -0.39 is 0 Å². The molecule has 1 aliphatic heterocycles. The highest BCUT2D eigenvalue weighted by molar-refractivity contribution is 6.07. The minimum absolute atomic E-state index is 0.0287. The molecule has 4 heterocycles. The monoisotopic (exact) mass is 376 g/mol. The summed E-state index contributed by atoms with van der Waals surface area (Å²) in [6.45, 7) is 1.56. The molecule has 0 radical (unpaired) electrons. The van der Waals surface area contributed by atoms with Crippen LogP contribution in [-0.4, -0.2) is 48.7 Å². The smallest absolute Gasteiger partial charge is 0.188 e. The summed E-state index contributed by atoms with van der Waals surface area (Å²) in [7, 11) is 0. The summed E-state index contributed by atoms with van der Waals surface area (Å²) in [4.78, 5) is 12.8. The number of benzene rings is 1. The van der Waals surface area contributed by atoms with Crippen LogP contribution in [0.2, 0.25) is 0 Å². The molecular formula is C20H20N6O2. The van der Waals surface area contributed by atoms with E-state index in [1.54, 1.807) is 12.4 Å². The molecule has 8 heteroatoms. The van der Waals surface area contributed by atoms with E-state index in [-0.39, 0.29) is 18.3 Å². The molecule has 1 fully saturated rings. The van der Waals surface area contributed by atoms with Crippen molar-refractivity contribution in [3.63, 3.8) is 0 Å². The van der Waals surface area contributed by atoms with Crippen molar-refractivity contribution in [1.29, 1.82) is 0 Å². The van der Waals surface area contributed by atoms with Crippen LogP contribution < -0.4 is 0 Å². The molecule has 3 aromatic heterocycles. The number of ketones is 1. The van der Waals surface area contributed by atoms with Gasteiger partial charge in [0.2, 0.25) is 0 Å². The van der Waals surface area contributed by atoms with Crippen LogP contribution in [0.5, 0.6) is 0 Å². The molecule has 1 saturated heterocycles. The third kappa shape index (κ3) is 3.22. The number of carbonyl (C=O) groups is 1. The number of ether oxygens (including phenoxy) is 1. The van der Waals surface area contributed by atoms with E-state index in [9.17, 15) is 4.79 Å². The lowest BCUT2D eigenvalue weighted by molar-refractivity contribution is 0.0940. The van der Waals surface area contributed by atoms with Crippen molar-refractivity contribution in [3.8, 4) is 11.1 Å². The van der Waals surface area contributed by atoms with Gasteiger partial charge in [-0.15, -0.1) is 0 Å². The molecule has 8 nitrogen and oxygen atoms in total. The number of fused-ring (bicyclic) bond motifs is 1. The zero-order chi connectivity index (χ0) is 18.9. The van der Waals surface area contributed by atoms with Crippen LogP contribution in [0.15, 0.2) is 43.0 Å². The topological polar surface area (TPSA) is 101 Å². The second-order valence-electron chi connectivity index (χ2n) is 7.13. The molecule has 1 aliphatic rings. The molecule has 0 saturated carbocycles. The van der Waals surface area contributed by atoms with Gasteiger partial charge in [0.1, 0.15) is 5.69 Å². The van der Waals surface area contributed by atoms with Crippen LogP contribution in [-0.2, 0) is 17.7 Å². The van der Waals surface area contributed by atoms with Crippen molar-refractivity contribution in [2.75, 3.05) is 6.61 Å². The largest absolute Gasteiger partial charge is 0.376 e. The lowest BCUT2D eigenvalue weighted by Crippen LogP contribution is -2.15. The number of hydrogen-bond acceptors (Lipinski definition) is 5. The van der Waals surface area contributed by atoms with Gasteiger partial charge in [-0.05, 0) is 36.1 Å². The van der Waals surface area contributed by atoms with Crippen LogP contribution >= 0.6 is 0 Å². The Bertz CT molecular complexity index is 1110. The maximum atomic E-state index is 12.8. The Balaban J connectivity index is 1.32. The fourth-order valence-electron chi connectivity index (χ4n) is 3.68. The molecule has 2 N–H and O–H groups in total. The van der Waals surface area contributed by atoms with Crippen molar-refractivity contribution in [2.45, 2.75) is 31.9 Å². The van der Waals surface area contributed by atoms with E-state index >= 15 is 0 Å². The van der Waals surface area contributed by atoms with E-state index in [1.807, 2.05) is 35.3 Å². The lowest BCUT2D eigenvalue weighted by Gasteiger charge is -2.08. The van der Waals surface area contributed by atoms with E-state index in [1.165, 1.54) is 0 Å². The van der Waals surface area contributed by atoms with Crippen LogP contribution in [0.3, 0.4) is 0 Å². The number of rotatable bonds is 6. The summed E-state index contributed by atoms with van der Waals surface area (Å²) in [6.07, 6.45) is 9.93. The highest BCUT2D eigenvalue weighted by Crippen LogP contribution is 2.25.